The molecule has 3 heterocycles. The zero-order valence-corrected chi connectivity index (χ0v) is 25.3. The van der Waals surface area contributed by atoms with E-state index in [1.165, 1.54) is 0 Å². The first kappa shape index (κ1) is 28.1. The minimum Gasteiger partial charge on any atom is -0.396 e. The lowest BCUT2D eigenvalue weighted by Gasteiger charge is -2.49. The van der Waals surface area contributed by atoms with Crippen molar-refractivity contribution in [3.8, 4) is 0 Å². The van der Waals surface area contributed by atoms with E-state index in [1.807, 2.05) is 36.9 Å². The Morgan fingerprint density at radius 1 is 1.13 bits per heavy atom. The quantitative estimate of drug-likeness (QED) is 0.220. The second-order valence-electron chi connectivity index (χ2n) is 10.9. The molecule has 0 atom stereocenters. The summed E-state index contributed by atoms with van der Waals surface area (Å²) in [6.45, 7) is 10.4. The summed E-state index contributed by atoms with van der Waals surface area (Å²) in [6, 6.07) is 14.0. The van der Waals surface area contributed by atoms with Gasteiger partial charge < -0.3 is 9.74 Å². The molecule has 0 unspecified atom stereocenters. The predicted octanol–water partition coefficient (Wildman–Crippen LogP) is 7.11. The SMILES string of the molecule is CCON=C(c1ccc(Br)cc1)C1CCN(C2(C)CCN(C(=O)c3ccnc4cc(Cl)c(C)cc34)CC2)CC1. The lowest BCUT2D eigenvalue weighted by molar-refractivity contribution is 0.0162. The highest BCUT2D eigenvalue weighted by Crippen LogP contribution is 2.35. The van der Waals surface area contributed by atoms with Crippen molar-refractivity contribution in [3.05, 3.63) is 74.8 Å². The number of hydrogen-bond donors (Lipinski definition) is 0. The highest BCUT2D eigenvalue weighted by molar-refractivity contribution is 9.10. The van der Waals surface area contributed by atoms with Crippen LogP contribution >= 0.6 is 27.5 Å². The molecule has 0 N–H and O–H groups in total. The van der Waals surface area contributed by atoms with Crippen LogP contribution in [0, 0.1) is 12.8 Å². The number of halogens is 2. The Bertz CT molecular complexity index is 1360. The summed E-state index contributed by atoms with van der Waals surface area (Å²) in [6.07, 6.45) is 5.72. The van der Waals surface area contributed by atoms with Gasteiger partial charge in [-0.15, -0.1) is 0 Å². The van der Waals surface area contributed by atoms with Crippen LogP contribution in [0.2, 0.25) is 5.02 Å². The number of oxime groups is 1. The van der Waals surface area contributed by atoms with Gasteiger partial charge in [0.25, 0.3) is 5.91 Å². The molecule has 0 spiro atoms. The molecule has 206 valence electrons. The zero-order chi connectivity index (χ0) is 27.6. The third-order valence-electron chi connectivity index (χ3n) is 8.46. The van der Waals surface area contributed by atoms with Crippen LogP contribution < -0.4 is 0 Å². The standard InChI is InChI=1S/C31H36BrClN4O2/c1-4-39-35-29(22-5-7-24(32)8-6-22)23-10-15-37(16-11-23)31(3)12-17-36(18-13-31)30(38)25-9-14-34-28-20-27(33)21(2)19-26(25)28/h5-9,14,19-20,23H,4,10-13,15-18H2,1-3H3. The summed E-state index contributed by atoms with van der Waals surface area (Å²) in [5.41, 5.74) is 4.69. The largest absolute Gasteiger partial charge is 0.396 e. The minimum absolute atomic E-state index is 0.0798. The van der Waals surface area contributed by atoms with Gasteiger partial charge in [-0.1, -0.05) is 44.8 Å². The van der Waals surface area contributed by atoms with Crippen molar-refractivity contribution in [2.75, 3.05) is 32.8 Å². The van der Waals surface area contributed by atoms with Crippen molar-refractivity contribution in [1.29, 1.82) is 0 Å². The highest BCUT2D eigenvalue weighted by atomic mass is 79.9. The van der Waals surface area contributed by atoms with Gasteiger partial charge in [-0.3, -0.25) is 14.7 Å². The van der Waals surface area contributed by atoms with Crippen LogP contribution in [-0.4, -0.2) is 64.7 Å². The van der Waals surface area contributed by atoms with Crippen LogP contribution in [0.25, 0.3) is 10.9 Å². The summed E-state index contributed by atoms with van der Waals surface area (Å²) in [5, 5.41) is 6.08. The maximum Gasteiger partial charge on any atom is 0.254 e. The highest BCUT2D eigenvalue weighted by Gasteiger charge is 2.39. The Morgan fingerprint density at radius 3 is 2.49 bits per heavy atom. The average molecular weight is 612 g/mol. The van der Waals surface area contributed by atoms with Crippen LogP contribution in [0.3, 0.4) is 0 Å². The number of fused-ring (bicyclic) bond motifs is 1. The number of carbonyl (C=O) groups is 1. The van der Waals surface area contributed by atoms with E-state index in [1.54, 1.807) is 6.20 Å². The van der Waals surface area contributed by atoms with Crippen molar-refractivity contribution in [1.82, 2.24) is 14.8 Å². The van der Waals surface area contributed by atoms with E-state index in [-0.39, 0.29) is 11.4 Å². The molecule has 5 rings (SSSR count). The van der Waals surface area contributed by atoms with Crippen molar-refractivity contribution in [3.63, 3.8) is 0 Å². The molecule has 3 aromatic rings. The Balaban J connectivity index is 1.23. The molecule has 2 saturated heterocycles. The number of aryl methyl sites for hydroxylation is 1. The lowest BCUT2D eigenvalue weighted by Crippen LogP contribution is -2.56. The number of hydrogen-bond acceptors (Lipinski definition) is 5. The van der Waals surface area contributed by atoms with Crippen molar-refractivity contribution in [2.24, 2.45) is 11.1 Å². The number of rotatable bonds is 6. The molecular formula is C31H36BrClN4O2. The first-order chi connectivity index (χ1) is 18.8. The minimum atomic E-state index is 0.0798. The summed E-state index contributed by atoms with van der Waals surface area (Å²) in [5.74, 6) is 0.451. The van der Waals surface area contributed by atoms with E-state index in [9.17, 15) is 4.79 Å². The van der Waals surface area contributed by atoms with E-state index in [0.29, 0.717) is 23.1 Å². The first-order valence-corrected chi connectivity index (χ1v) is 15.0. The molecule has 2 aromatic carbocycles. The molecule has 8 heteroatoms. The molecule has 39 heavy (non-hydrogen) atoms. The third-order valence-corrected chi connectivity index (χ3v) is 9.39. The normalized spacial score (nSPS) is 18.9. The Hall–Kier alpha value is -2.48. The smallest absolute Gasteiger partial charge is 0.254 e. The summed E-state index contributed by atoms with van der Waals surface area (Å²) in [7, 11) is 0. The van der Waals surface area contributed by atoms with E-state index in [0.717, 1.165) is 84.1 Å². The van der Waals surface area contributed by atoms with Gasteiger partial charge in [-0.25, -0.2) is 0 Å². The summed E-state index contributed by atoms with van der Waals surface area (Å²) < 4.78 is 1.06. The van der Waals surface area contributed by atoms with Crippen LogP contribution in [0.15, 0.2) is 58.3 Å². The van der Waals surface area contributed by atoms with E-state index >= 15 is 0 Å². The van der Waals surface area contributed by atoms with Gasteiger partial charge in [0.2, 0.25) is 0 Å². The number of benzene rings is 2. The second-order valence-corrected chi connectivity index (χ2v) is 12.3. The second kappa shape index (κ2) is 11.9. The number of amides is 1. The molecule has 0 radical (unpaired) electrons. The molecule has 6 nitrogen and oxygen atoms in total. The summed E-state index contributed by atoms with van der Waals surface area (Å²) in [4.78, 5) is 28.2. The van der Waals surface area contributed by atoms with Gasteiger partial charge in [0.15, 0.2) is 0 Å². The molecular weight excluding hydrogens is 576 g/mol. The maximum atomic E-state index is 13.6. The van der Waals surface area contributed by atoms with E-state index < -0.39 is 0 Å². The van der Waals surface area contributed by atoms with E-state index in [4.69, 9.17) is 16.4 Å². The molecule has 0 aliphatic carbocycles. The fraction of sp³-hybridized carbons (Fsp3) is 0.452. The molecule has 0 bridgehead atoms. The fourth-order valence-electron chi connectivity index (χ4n) is 5.95. The van der Waals surface area contributed by atoms with Gasteiger partial charge in [0.05, 0.1) is 16.8 Å². The molecule has 2 aliphatic rings. The van der Waals surface area contributed by atoms with Gasteiger partial charge in [0.1, 0.15) is 6.61 Å². The molecule has 1 amide bonds. The van der Waals surface area contributed by atoms with Crippen LogP contribution in [0.4, 0.5) is 0 Å². The lowest BCUT2D eigenvalue weighted by atomic mass is 9.82. The van der Waals surface area contributed by atoms with Gasteiger partial charge in [0, 0.05) is 45.6 Å². The van der Waals surface area contributed by atoms with Gasteiger partial charge >= 0.3 is 0 Å². The van der Waals surface area contributed by atoms with Crippen molar-refractivity contribution in [2.45, 2.75) is 52.0 Å². The van der Waals surface area contributed by atoms with Gasteiger partial charge in [-0.2, -0.15) is 0 Å². The monoisotopic (exact) mass is 610 g/mol. The first-order valence-electron chi connectivity index (χ1n) is 13.8. The summed E-state index contributed by atoms with van der Waals surface area (Å²) >= 11 is 9.84. The zero-order valence-electron chi connectivity index (χ0n) is 22.9. The molecule has 0 saturated carbocycles. The van der Waals surface area contributed by atoms with Crippen molar-refractivity contribution >= 4 is 50.1 Å². The topological polar surface area (TPSA) is 58.0 Å². The number of aromatic nitrogens is 1. The third kappa shape index (κ3) is 6.01. The van der Waals surface area contributed by atoms with E-state index in [2.05, 4.69) is 62.2 Å². The Labute approximate surface area is 244 Å². The predicted molar refractivity (Wildman–Crippen MR) is 162 cm³/mol. The number of nitrogens with zero attached hydrogens (tertiary/aromatic N) is 4. The van der Waals surface area contributed by atoms with Crippen molar-refractivity contribution < 1.29 is 9.63 Å². The molecule has 2 aliphatic heterocycles. The van der Waals surface area contributed by atoms with Gasteiger partial charge in [-0.05, 0) is 101 Å². The maximum absolute atomic E-state index is 13.6. The Morgan fingerprint density at radius 2 is 1.82 bits per heavy atom. The number of piperidine rings is 2. The van der Waals surface area contributed by atoms with Crippen LogP contribution in [0.1, 0.15) is 61.0 Å². The average Bonchev–Trinajstić information content (AvgIpc) is 2.95. The van der Waals surface area contributed by atoms with Crippen LogP contribution in [0.5, 0.6) is 0 Å². The number of carbonyl (C=O) groups excluding carboxylic acids is 1. The number of likely N-dealkylation sites (tertiary alicyclic amines) is 2. The van der Waals surface area contributed by atoms with Crippen LogP contribution in [-0.2, 0) is 4.84 Å². The molecule has 2 fully saturated rings. The number of pyridine rings is 1. The molecule has 1 aromatic heterocycles. The fourth-order valence-corrected chi connectivity index (χ4v) is 6.37. The Kier molecular flexibility index (Phi) is 8.60.